The van der Waals surface area contributed by atoms with Gasteiger partial charge in [0.25, 0.3) is 0 Å². The summed E-state index contributed by atoms with van der Waals surface area (Å²) in [5.41, 5.74) is 0.301. The van der Waals surface area contributed by atoms with E-state index in [1.165, 1.54) is 24.3 Å². The molecule has 7 heteroatoms. The van der Waals surface area contributed by atoms with Crippen LogP contribution in [0.4, 0.5) is 5.69 Å². The number of anilines is 1. The van der Waals surface area contributed by atoms with Crippen molar-refractivity contribution in [3.05, 3.63) is 40.6 Å². The summed E-state index contributed by atoms with van der Waals surface area (Å²) < 4.78 is 1.59. The van der Waals surface area contributed by atoms with E-state index in [4.69, 9.17) is 10.4 Å². The fourth-order valence-corrected chi connectivity index (χ4v) is 2.47. The quantitative estimate of drug-likeness (QED) is 0.456. The smallest absolute Gasteiger partial charge is 0.196 e. The molecule has 7 nitrogen and oxygen atoms in total. The van der Waals surface area contributed by atoms with Crippen LogP contribution < -0.4 is 15.8 Å². The third-order valence-corrected chi connectivity index (χ3v) is 3.47. The third kappa shape index (κ3) is 1.87. The third-order valence-electron chi connectivity index (χ3n) is 3.47. The molecule has 0 radical (unpaired) electrons. The maximum atomic E-state index is 12.5. The second-order valence-electron chi connectivity index (χ2n) is 4.72. The summed E-state index contributed by atoms with van der Waals surface area (Å²) in [6, 6.07) is 6.54. The molecule has 0 saturated heterocycles. The molecule has 0 aliphatic rings. The van der Waals surface area contributed by atoms with Gasteiger partial charge in [0.2, 0.25) is 0 Å². The monoisotopic (exact) mass is 287 g/mol. The average molecular weight is 287 g/mol. The lowest BCUT2D eigenvalue weighted by Crippen LogP contribution is -2.14. The van der Waals surface area contributed by atoms with Crippen LogP contribution in [0.2, 0.25) is 0 Å². The number of hydrogen-bond acceptors (Lipinski definition) is 6. The van der Waals surface area contributed by atoms with E-state index in [2.05, 4.69) is 0 Å². The highest BCUT2D eigenvalue weighted by Crippen LogP contribution is 2.28. The maximum absolute atomic E-state index is 12.5. The van der Waals surface area contributed by atoms with Crippen molar-refractivity contribution in [2.24, 2.45) is 7.05 Å². The number of aromatic hydroxyl groups is 1. The molecule has 0 fully saturated rings. The molecule has 108 valence electrons. The fourth-order valence-electron chi connectivity index (χ4n) is 2.47. The van der Waals surface area contributed by atoms with Crippen LogP contribution in [-0.4, -0.2) is 20.1 Å². The molecule has 3 aromatic rings. The van der Waals surface area contributed by atoms with Gasteiger partial charge in [-0.2, -0.15) is 0 Å². The number of aromatic nitrogens is 1. The van der Waals surface area contributed by atoms with E-state index in [9.17, 15) is 15.0 Å². The number of nitrogens with zero attached hydrogens (tertiary/aromatic N) is 2. The lowest BCUT2D eigenvalue weighted by Gasteiger charge is -2.17. The molecule has 1 heterocycles. The zero-order valence-electron chi connectivity index (χ0n) is 10.9. The number of pyridine rings is 1. The molecule has 0 atom stereocenters. The molecule has 0 spiro atoms. The first-order valence-corrected chi connectivity index (χ1v) is 6.04. The zero-order chi connectivity index (χ0) is 15.3. The molecule has 1 aromatic heterocycles. The molecule has 0 aliphatic heterocycles. The van der Waals surface area contributed by atoms with Gasteiger partial charge >= 0.3 is 0 Å². The maximum Gasteiger partial charge on any atom is 0.196 e. The van der Waals surface area contributed by atoms with Crippen LogP contribution in [0.25, 0.3) is 21.8 Å². The highest BCUT2D eigenvalue weighted by Gasteiger charge is 2.12. The van der Waals surface area contributed by atoms with Crippen molar-refractivity contribution in [1.29, 1.82) is 0 Å². The highest BCUT2D eigenvalue weighted by molar-refractivity contribution is 5.97. The molecule has 3 N–H and O–H groups in total. The number of rotatable bonds is 1. The zero-order valence-corrected chi connectivity index (χ0v) is 10.9. The van der Waals surface area contributed by atoms with Gasteiger partial charge in [0, 0.05) is 23.9 Å². The highest BCUT2D eigenvalue weighted by atomic mass is 16.8. The molecule has 3 rings (SSSR count). The van der Waals surface area contributed by atoms with Crippen molar-refractivity contribution >= 4 is 27.5 Å². The van der Waals surface area contributed by atoms with Crippen molar-refractivity contribution in [3.63, 3.8) is 0 Å². The normalized spacial score (nSPS) is 11.2. The standard InChI is InChI=1S/C14H12N2O5/c1-15-10-3-2-7(16(20)21)4-9(10)14(19)13-11(15)5-8(17)6-12(13)18/h2-6,17-18,20-21H,1H3/p-1. The molecule has 21 heavy (non-hydrogen) atoms. The van der Waals surface area contributed by atoms with Gasteiger partial charge in [-0.15, -0.1) is 5.23 Å². The summed E-state index contributed by atoms with van der Waals surface area (Å²) in [7, 11) is 1.65. The number of fused-ring (bicyclic) bond motifs is 2. The molecule has 0 saturated carbocycles. The number of aryl methyl sites for hydroxylation is 1. The van der Waals surface area contributed by atoms with E-state index in [1.807, 2.05) is 0 Å². The Balaban J connectivity index is 2.57. The topological polar surface area (TPSA) is 109 Å². The van der Waals surface area contributed by atoms with Gasteiger partial charge in [-0.3, -0.25) is 15.2 Å². The number of benzene rings is 2. The van der Waals surface area contributed by atoms with E-state index in [1.54, 1.807) is 11.6 Å². The predicted molar refractivity (Wildman–Crippen MR) is 73.9 cm³/mol. The van der Waals surface area contributed by atoms with Gasteiger partial charge in [0.05, 0.1) is 16.7 Å². The molecule has 0 amide bonds. The number of phenols is 1. The Morgan fingerprint density at radius 1 is 1.14 bits per heavy atom. The molecular formula is C14H11N2O5-. The molecule has 0 unspecified atom stereocenters. The van der Waals surface area contributed by atoms with Gasteiger partial charge in [-0.05, 0) is 24.3 Å². The molecule has 2 aromatic carbocycles. The van der Waals surface area contributed by atoms with Crippen LogP contribution in [0, 0.1) is 0 Å². The van der Waals surface area contributed by atoms with E-state index in [-0.39, 0.29) is 27.4 Å². The predicted octanol–water partition coefficient (Wildman–Crippen LogP) is 1.06. The minimum Gasteiger partial charge on any atom is -0.872 e. The van der Waals surface area contributed by atoms with Crippen molar-refractivity contribution in [1.82, 2.24) is 4.57 Å². The summed E-state index contributed by atoms with van der Waals surface area (Å²) in [4.78, 5) is 12.5. The Hall–Kier alpha value is -2.77. The Morgan fingerprint density at radius 2 is 1.86 bits per heavy atom. The van der Waals surface area contributed by atoms with E-state index in [0.29, 0.717) is 11.0 Å². The van der Waals surface area contributed by atoms with Gasteiger partial charge in [0.1, 0.15) is 5.75 Å². The Bertz CT molecular complexity index is 930. The SMILES string of the molecule is Cn1c2ccc(N(O)O)cc2c(=O)c2c([O-])cc(O)cc21. The first-order valence-electron chi connectivity index (χ1n) is 6.04. The second-order valence-corrected chi connectivity index (χ2v) is 4.72. The van der Waals surface area contributed by atoms with Crippen molar-refractivity contribution in [2.45, 2.75) is 0 Å². The van der Waals surface area contributed by atoms with E-state index in [0.717, 1.165) is 6.07 Å². The summed E-state index contributed by atoms with van der Waals surface area (Å²) in [5.74, 6) is -0.793. The van der Waals surface area contributed by atoms with Crippen molar-refractivity contribution in [2.75, 3.05) is 5.23 Å². The number of hydrogen-bond donors (Lipinski definition) is 3. The average Bonchev–Trinajstić information content (AvgIpc) is 2.43. The van der Waals surface area contributed by atoms with E-state index >= 15 is 0 Å². The first-order chi connectivity index (χ1) is 9.90. The first kappa shape index (κ1) is 13.2. The minimum absolute atomic E-state index is 0.00479. The number of phenolic OH excluding ortho intramolecular Hbond substituents is 1. The van der Waals surface area contributed by atoms with Gasteiger partial charge in [0.15, 0.2) is 5.43 Å². The van der Waals surface area contributed by atoms with Crippen LogP contribution in [0.15, 0.2) is 35.1 Å². The van der Waals surface area contributed by atoms with Gasteiger partial charge in [-0.25, -0.2) is 0 Å². The summed E-state index contributed by atoms with van der Waals surface area (Å²) >= 11 is 0. The van der Waals surface area contributed by atoms with Gasteiger partial charge < -0.3 is 14.8 Å². The fraction of sp³-hybridized carbons (Fsp3) is 0.0714. The van der Waals surface area contributed by atoms with E-state index < -0.39 is 11.2 Å². The largest absolute Gasteiger partial charge is 0.872 e. The summed E-state index contributed by atoms with van der Waals surface area (Å²) in [5, 5.41) is 39.6. The van der Waals surface area contributed by atoms with Gasteiger partial charge in [-0.1, -0.05) is 5.75 Å². The lowest BCUT2D eigenvalue weighted by molar-refractivity contribution is -0.265. The Morgan fingerprint density at radius 3 is 2.52 bits per heavy atom. The van der Waals surface area contributed by atoms with Crippen molar-refractivity contribution in [3.8, 4) is 11.5 Å². The molecular weight excluding hydrogens is 276 g/mol. The van der Waals surface area contributed by atoms with Crippen LogP contribution >= 0.6 is 0 Å². The van der Waals surface area contributed by atoms with Crippen molar-refractivity contribution < 1.29 is 20.6 Å². The van der Waals surface area contributed by atoms with Crippen LogP contribution in [0.3, 0.4) is 0 Å². The molecule has 0 bridgehead atoms. The lowest BCUT2D eigenvalue weighted by atomic mass is 10.1. The Kier molecular flexibility index (Phi) is 2.75. The second kappa shape index (κ2) is 4.37. The minimum atomic E-state index is -0.581. The van der Waals surface area contributed by atoms with Crippen LogP contribution in [0.5, 0.6) is 11.5 Å². The molecule has 0 aliphatic carbocycles. The Labute approximate surface area is 118 Å². The summed E-state index contributed by atoms with van der Waals surface area (Å²) in [6.07, 6.45) is 0. The summed E-state index contributed by atoms with van der Waals surface area (Å²) in [6.45, 7) is 0. The van der Waals surface area contributed by atoms with Crippen LogP contribution in [-0.2, 0) is 7.05 Å². The van der Waals surface area contributed by atoms with Crippen LogP contribution in [0.1, 0.15) is 0 Å².